The van der Waals surface area contributed by atoms with E-state index in [0.29, 0.717) is 8.95 Å². The quantitative estimate of drug-likeness (QED) is 0.146. The smallest absolute Gasteiger partial charge is 0.337 e. The van der Waals surface area contributed by atoms with Crippen LogP contribution in [0.15, 0.2) is 117 Å². The molecule has 1 aliphatic heterocycles. The minimum Gasteiger partial charge on any atom is -0.478 e. The standard InChI is InChI=1S/C32H21Br2N3O4/c1-2-14-36-30(38)28(41-32(36)35-29-24(31(39)40)17-20(33)18-25(29)34)16-19-12-13-27-23(15-19)22-10-6-7-11-26(22)37(27)21-8-4-3-5-9-21/h2-13,15-18H,1,14H2,(H,39,40)/b28-16+,35-32?. The zero-order chi connectivity index (χ0) is 28.7. The van der Waals surface area contributed by atoms with Crippen molar-refractivity contribution in [1.82, 2.24) is 9.47 Å². The number of para-hydroxylation sites is 2. The Labute approximate surface area is 251 Å². The van der Waals surface area contributed by atoms with Crippen LogP contribution in [0.2, 0.25) is 0 Å². The molecule has 1 N–H and O–H groups in total. The summed E-state index contributed by atoms with van der Waals surface area (Å²) >= 11 is 6.69. The van der Waals surface area contributed by atoms with Gasteiger partial charge in [-0.25, -0.2) is 4.79 Å². The number of carbonyl (C=O) groups is 2. The van der Waals surface area contributed by atoms with Gasteiger partial charge in [0.05, 0.1) is 22.3 Å². The maximum Gasteiger partial charge on any atom is 0.337 e. The molecule has 1 saturated heterocycles. The number of aliphatic imine (C=N–C) groups is 1. The predicted octanol–water partition coefficient (Wildman–Crippen LogP) is 8.08. The van der Waals surface area contributed by atoms with Gasteiger partial charge in [0.25, 0.3) is 5.91 Å². The molecule has 0 bridgehead atoms. The summed E-state index contributed by atoms with van der Waals surface area (Å²) in [6.07, 6.45) is 3.22. The Morgan fingerprint density at radius 1 is 0.951 bits per heavy atom. The third-order valence-electron chi connectivity index (χ3n) is 6.67. The summed E-state index contributed by atoms with van der Waals surface area (Å²) in [4.78, 5) is 31.1. The van der Waals surface area contributed by atoms with Crippen molar-refractivity contribution < 1.29 is 19.4 Å². The van der Waals surface area contributed by atoms with Crippen molar-refractivity contribution >= 4 is 83.3 Å². The first-order valence-electron chi connectivity index (χ1n) is 12.6. The number of rotatable bonds is 6. The molecule has 4 aromatic carbocycles. The van der Waals surface area contributed by atoms with E-state index in [1.165, 1.54) is 11.0 Å². The summed E-state index contributed by atoms with van der Waals surface area (Å²) in [5, 5.41) is 11.8. The number of amides is 1. The first-order valence-corrected chi connectivity index (χ1v) is 14.2. The lowest BCUT2D eigenvalue weighted by molar-refractivity contribution is -0.122. The minimum absolute atomic E-state index is 0.0339. The summed E-state index contributed by atoms with van der Waals surface area (Å²) in [7, 11) is 0. The molecule has 2 heterocycles. The Hall–Kier alpha value is -4.47. The monoisotopic (exact) mass is 669 g/mol. The van der Waals surface area contributed by atoms with E-state index in [1.807, 2.05) is 48.5 Å². The molecule has 1 fully saturated rings. The fourth-order valence-corrected chi connectivity index (χ4v) is 6.22. The Morgan fingerprint density at radius 2 is 1.68 bits per heavy atom. The number of fused-ring (bicyclic) bond motifs is 3. The topological polar surface area (TPSA) is 84.1 Å². The number of nitrogens with zero attached hydrogens (tertiary/aromatic N) is 3. The van der Waals surface area contributed by atoms with Gasteiger partial charge in [0, 0.05) is 32.0 Å². The summed E-state index contributed by atoms with van der Waals surface area (Å²) in [6.45, 7) is 3.87. The van der Waals surface area contributed by atoms with Gasteiger partial charge in [0.15, 0.2) is 5.76 Å². The van der Waals surface area contributed by atoms with Gasteiger partial charge in [-0.3, -0.25) is 9.69 Å². The molecule has 0 aliphatic carbocycles. The zero-order valence-electron chi connectivity index (χ0n) is 21.4. The second-order valence-corrected chi connectivity index (χ2v) is 11.0. The van der Waals surface area contributed by atoms with E-state index in [2.05, 4.69) is 72.3 Å². The lowest BCUT2D eigenvalue weighted by Crippen LogP contribution is -2.29. The number of amidine groups is 1. The largest absolute Gasteiger partial charge is 0.478 e. The molecule has 0 saturated carbocycles. The van der Waals surface area contributed by atoms with Crippen LogP contribution in [-0.2, 0) is 9.53 Å². The number of carboxylic acid groups (broad SMARTS) is 1. The van der Waals surface area contributed by atoms with Crippen LogP contribution in [0.5, 0.6) is 0 Å². The molecule has 9 heteroatoms. The highest BCUT2D eigenvalue weighted by molar-refractivity contribution is 9.11. The maximum atomic E-state index is 13.4. The van der Waals surface area contributed by atoms with Crippen LogP contribution in [0, 0.1) is 0 Å². The van der Waals surface area contributed by atoms with Gasteiger partial charge in [0.2, 0.25) is 0 Å². The van der Waals surface area contributed by atoms with Gasteiger partial charge in [-0.15, -0.1) is 6.58 Å². The molecule has 41 heavy (non-hydrogen) atoms. The molecule has 1 aromatic heterocycles. The summed E-state index contributed by atoms with van der Waals surface area (Å²) in [5.41, 5.74) is 4.02. The van der Waals surface area contributed by atoms with Gasteiger partial charge in [0.1, 0.15) is 0 Å². The van der Waals surface area contributed by atoms with Crippen LogP contribution in [-0.4, -0.2) is 39.0 Å². The molecule has 1 aliphatic rings. The number of carboxylic acids is 1. The number of aromatic nitrogens is 1. The SMILES string of the molecule is C=CCN1C(=O)/C(=C\c2ccc3c(c2)c2ccccc2n3-c2ccccc2)OC1=Nc1c(Br)cc(Br)cc1C(=O)O. The van der Waals surface area contributed by atoms with Crippen LogP contribution in [0.4, 0.5) is 5.69 Å². The molecule has 5 aromatic rings. The van der Waals surface area contributed by atoms with Crippen LogP contribution < -0.4 is 0 Å². The fraction of sp³-hybridized carbons (Fsp3) is 0.0312. The summed E-state index contributed by atoms with van der Waals surface area (Å²) in [5.74, 6) is -1.49. The highest BCUT2D eigenvalue weighted by Crippen LogP contribution is 2.36. The van der Waals surface area contributed by atoms with Gasteiger partial charge in [-0.1, -0.05) is 64.5 Å². The molecular weight excluding hydrogens is 650 g/mol. The first kappa shape index (κ1) is 26.7. The molecule has 7 nitrogen and oxygen atoms in total. The van der Waals surface area contributed by atoms with E-state index in [0.717, 1.165) is 33.1 Å². The second-order valence-electron chi connectivity index (χ2n) is 9.26. The lowest BCUT2D eigenvalue weighted by atomic mass is 10.1. The number of ether oxygens (including phenoxy) is 1. The number of aromatic carboxylic acids is 1. The van der Waals surface area contributed by atoms with Crippen molar-refractivity contribution in [3.63, 3.8) is 0 Å². The lowest BCUT2D eigenvalue weighted by Gasteiger charge is -2.12. The van der Waals surface area contributed by atoms with E-state index in [1.54, 1.807) is 18.2 Å². The molecule has 0 radical (unpaired) electrons. The summed E-state index contributed by atoms with van der Waals surface area (Å²) in [6, 6.07) is 27.4. The number of hydrogen-bond acceptors (Lipinski definition) is 4. The van der Waals surface area contributed by atoms with Crippen molar-refractivity contribution in [2.24, 2.45) is 4.99 Å². The van der Waals surface area contributed by atoms with Crippen molar-refractivity contribution in [2.45, 2.75) is 0 Å². The number of benzene rings is 4. The number of halogens is 2. The van der Waals surface area contributed by atoms with E-state index in [-0.39, 0.29) is 29.6 Å². The Kier molecular flexibility index (Phi) is 7.07. The average molecular weight is 671 g/mol. The normalized spacial score (nSPS) is 15.3. The van der Waals surface area contributed by atoms with Crippen molar-refractivity contribution in [3.05, 3.63) is 123 Å². The van der Waals surface area contributed by atoms with E-state index in [9.17, 15) is 14.7 Å². The Bertz CT molecular complexity index is 1940. The maximum absolute atomic E-state index is 13.4. The third kappa shape index (κ3) is 4.87. The Balaban J connectivity index is 1.45. The average Bonchev–Trinajstić information content (AvgIpc) is 3.44. The van der Waals surface area contributed by atoms with Gasteiger partial charge >= 0.3 is 12.0 Å². The van der Waals surface area contributed by atoms with E-state index < -0.39 is 11.9 Å². The zero-order valence-corrected chi connectivity index (χ0v) is 24.6. The highest BCUT2D eigenvalue weighted by Gasteiger charge is 2.35. The first-order chi connectivity index (χ1) is 19.9. The molecule has 0 spiro atoms. The van der Waals surface area contributed by atoms with Crippen LogP contribution in [0.25, 0.3) is 33.6 Å². The fourth-order valence-electron chi connectivity index (χ4n) is 4.91. The van der Waals surface area contributed by atoms with Crippen molar-refractivity contribution in [1.29, 1.82) is 0 Å². The van der Waals surface area contributed by atoms with Crippen molar-refractivity contribution in [3.8, 4) is 5.69 Å². The van der Waals surface area contributed by atoms with Gasteiger partial charge in [-0.05, 0) is 70.0 Å². The number of carbonyl (C=O) groups excluding carboxylic acids is 1. The molecule has 1 amide bonds. The molecule has 6 rings (SSSR count). The van der Waals surface area contributed by atoms with E-state index >= 15 is 0 Å². The van der Waals surface area contributed by atoms with Gasteiger partial charge < -0.3 is 14.4 Å². The van der Waals surface area contributed by atoms with Crippen LogP contribution in [0.3, 0.4) is 0 Å². The highest BCUT2D eigenvalue weighted by atomic mass is 79.9. The molecular formula is C32H21Br2N3O4. The molecule has 0 unspecified atom stereocenters. The second kappa shape index (κ2) is 10.8. The summed E-state index contributed by atoms with van der Waals surface area (Å²) < 4.78 is 9.17. The molecule has 202 valence electrons. The van der Waals surface area contributed by atoms with Crippen LogP contribution >= 0.6 is 31.9 Å². The predicted molar refractivity (Wildman–Crippen MR) is 168 cm³/mol. The Morgan fingerprint density at radius 3 is 2.44 bits per heavy atom. The van der Waals surface area contributed by atoms with Crippen molar-refractivity contribution in [2.75, 3.05) is 6.54 Å². The molecule has 0 atom stereocenters. The number of hydrogen-bond donors (Lipinski definition) is 1. The van der Waals surface area contributed by atoms with Gasteiger partial charge in [-0.2, -0.15) is 4.99 Å². The minimum atomic E-state index is -1.16. The van der Waals surface area contributed by atoms with Crippen LogP contribution in [0.1, 0.15) is 15.9 Å². The third-order valence-corrected chi connectivity index (χ3v) is 7.74. The van der Waals surface area contributed by atoms with E-state index in [4.69, 9.17) is 4.74 Å².